The first-order valence-electron chi connectivity index (χ1n) is 3.86. The van der Waals surface area contributed by atoms with E-state index >= 15 is 0 Å². The molecule has 5 heteroatoms. The fourth-order valence-electron chi connectivity index (χ4n) is 1.05. The van der Waals surface area contributed by atoms with Crippen LogP contribution in [0.25, 0.3) is 0 Å². The lowest BCUT2D eigenvalue weighted by Gasteiger charge is -2.12. The van der Waals surface area contributed by atoms with Crippen LogP contribution in [0.2, 0.25) is 5.02 Å². The van der Waals surface area contributed by atoms with Crippen LogP contribution in [0.1, 0.15) is 17.2 Å². The van der Waals surface area contributed by atoms with E-state index in [2.05, 4.69) is 0 Å². The first-order chi connectivity index (χ1) is 6.45. The van der Waals surface area contributed by atoms with Gasteiger partial charge in [0.2, 0.25) is 0 Å². The summed E-state index contributed by atoms with van der Waals surface area (Å²) in [7, 11) is 0. The summed E-state index contributed by atoms with van der Waals surface area (Å²) in [6, 6.07) is 2.34. The second-order valence-electron chi connectivity index (χ2n) is 2.85. The maximum atomic E-state index is 13.3. The maximum absolute atomic E-state index is 13.3. The maximum Gasteiger partial charge on any atom is 0.268 e. The van der Waals surface area contributed by atoms with Crippen molar-refractivity contribution in [2.75, 3.05) is 0 Å². The minimum absolute atomic E-state index is 0.0591. The number of benzene rings is 1. The highest BCUT2D eigenvalue weighted by Gasteiger charge is 2.23. The van der Waals surface area contributed by atoms with E-state index in [9.17, 15) is 13.2 Å². The van der Waals surface area contributed by atoms with E-state index in [1.165, 1.54) is 13.0 Å². The SMILES string of the molecule is Cc1c(Cl)ccc(C(O)C(F)F)c1F. The lowest BCUT2D eigenvalue weighted by Crippen LogP contribution is -2.10. The van der Waals surface area contributed by atoms with E-state index in [1.54, 1.807) is 0 Å². The van der Waals surface area contributed by atoms with Gasteiger partial charge in [-0.25, -0.2) is 13.2 Å². The molecule has 0 aliphatic carbocycles. The van der Waals surface area contributed by atoms with Gasteiger partial charge in [-0.05, 0) is 13.0 Å². The predicted octanol–water partition coefficient (Wildman–Crippen LogP) is 3.09. The number of alkyl halides is 2. The second kappa shape index (κ2) is 4.19. The van der Waals surface area contributed by atoms with Gasteiger partial charge in [0.25, 0.3) is 6.43 Å². The molecule has 14 heavy (non-hydrogen) atoms. The fourth-order valence-corrected chi connectivity index (χ4v) is 1.19. The Hall–Kier alpha value is -0.740. The standard InChI is InChI=1S/C9H8ClF3O/c1-4-6(10)3-2-5(7(4)11)8(14)9(12)13/h2-3,8-9,14H,1H3. The number of aliphatic hydroxyl groups excluding tert-OH is 1. The molecule has 0 aliphatic heterocycles. The van der Waals surface area contributed by atoms with Crippen molar-refractivity contribution in [1.82, 2.24) is 0 Å². The highest BCUT2D eigenvalue weighted by Crippen LogP contribution is 2.28. The van der Waals surface area contributed by atoms with Crippen molar-refractivity contribution in [1.29, 1.82) is 0 Å². The highest BCUT2D eigenvalue weighted by atomic mass is 35.5. The van der Waals surface area contributed by atoms with Gasteiger partial charge in [-0.3, -0.25) is 0 Å². The monoisotopic (exact) mass is 224 g/mol. The molecule has 0 bridgehead atoms. The fraction of sp³-hybridized carbons (Fsp3) is 0.333. The Morgan fingerprint density at radius 3 is 2.43 bits per heavy atom. The summed E-state index contributed by atoms with van der Waals surface area (Å²) in [6.07, 6.45) is -5.11. The van der Waals surface area contributed by atoms with Crippen LogP contribution in [0.3, 0.4) is 0 Å². The molecule has 0 radical (unpaired) electrons. The van der Waals surface area contributed by atoms with Crippen molar-refractivity contribution in [2.24, 2.45) is 0 Å². The van der Waals surface area contributed by atoms with Crippen molar-refractivity contribution >= 4 is 11.6 Å². The van der Waals surface area contributed by atoms with Crippen molar-refractivity contribution in [3.8, 4) is 0 Å². The summed E-state index contributed by atoms with van der Waals surface area (Å²) in [5, 5.41) is 9.11. The lowest BCUT2D eigenvalue weighted by atomic mass is 10.1. The van der Waals surface area contributed by atoms with Gasteiger partial charge in [-0.2, -0.15) is 0 Å². The zero-order valence-corrected chi connectivity index (χ0v) is 8.02. The van der Waals surface area contributed by atoms with E-state index in [0.29, 0.717) is 0 Å². The smallest absolute Gasteiger partial charge is 0.268 e. The van der Waals surface area contributed by atoms with Gasteiger partial charge in [-0.15, -0.1) is 0 Å². The molecular formula is C9H8ClF3O. The average molecular weight is 225 g/mol. The minimum atomic E-state index is -3.01. The molecule has 0 amide bonds. The van der Waals surface area contributed by atoms with E-state index in [4.69, 9.17) is 16.7 Å². The third-order valence-corrected chi connectivity index (χ3v) is 2.32. The molecule has 1 N–H and O–H groups in total. The summed E-state index contributed by atoms with van der Waals surface area (Å²) in [5.74, 6) is -0.884. The van der Waals surface area contributed by atoms with Gasteiger partial charge in [0.15, 0.2) is 0 Å². The molecule has 0 fully saturated rings. The number of rotatable bonds is 2. The Morgan fingerprint density at radius 2 is 1.93 bits per heavy atom. The van der Waals surface area contributed by atoms with Gasteiger partial charge in [-0.1, -0.05) is 17.7 Å². The first kappa shape index (κ1) is 11.3. The van der Waals surface area contributed by atoms with Crippen LogP contribution < -0.4 is 0 Å². The van der Waals surface area contributed by atoms with Crippen molar-refractivity contribution in [2.45, 2.75) is 19.5 Å². The molecule has 1 rings (SSSR count). The Balaban J connectivity index is 3.17. The van der Waals surface area contributed by atoms with Crippen LogP contribution in [0.5, 0.6) is 0 Å². The third kappa shape index (κ3) is 2.01. The number of halogens is 4. The summed E-state index contributed by atoms with van der Waals surface area (Å²) < 4.78 is 37.4. The van der Waals surface area contributed by atoms with Crippen molar-refractivity contribution in [3.05, 3.63) is 34.1 Å². The molecule has 78 valence electrons. The molecule has 0 heterocycles. The van der Waals surface area contributed by atoms with E-state index < -0.39 is 23.9 Å². The highest BCUT2D eigenvalue weighted by molar-refractivity contribution is 6.31. The zero-order chi connectivity index (χ0) is 10.9. The summed E-state index contributed by atoms with van der Waals surface area (Å²) in [4.78, 5) is 0. The molecule has 1 unspecified atom stereocenters. The summed E-state index contributed by atoms with van der Waals surface area (Å²) in [6.45, 7) is 1.36. The van der Waals surface area contributed by atoms with E-state index in [-0.39, 0.29) is 10.6 Å². The van der Waals surface area contributed by atoms with Gasteiger partial charge >= 0.3 is 0 Å². The molecule has 1 atom stereocenters. The van der Waals surface area contributed by atoms with Crippen LogP contribution in [-0.2, 0) is 0 Å². The Morgan fingerprint density at radius 1 is 1.36 bits per heavy atom. The van der Waals surface area contributed by atoms with Gasteiger partial charge in [0, 0.05) is 16.1 Å². The second-order valence-corrected chi connectivity index (χ2v) is 3.26. The van der Waals surface area contributed by atoms with Crippen LogP contribution in [-0.4, -0.2) is 11.5 Å². The largest absolute Gasteiger partial charge is 0.382 e. The predicted molar refractivity (Wildman–Crippen MR) is 47.1 cm³/mol. The quantitative estimate of drug-likeness (QED) is 0.819. The van der Waals surface area contributed by atoms with E-state index in [1.807, 2.05) is 0 Å². The lowest BCUT2D eigenvalue weighted by molar-refractivity contribution is -0.00776. The number of aliphatic hydroxyl groups is 1. The minimum Gasteiger partial charge on any atom is -0.382 e. The van der Waals surface area contributed by atoms with Crippen LogP contribution in [0.15, 0.2) is 12.1 Å². The zero-order valence-electron chi connectivity index (χ0n) is 7.27. The van der Waals surface area contributed by atoms with Crippen molar-refractivity contribution in [3.63, 3.8) is 0 Å². The molecule has 0 saturated carbocycles. The van der Waals surface area contributed by atoms with Gasteiger partial charge in [0.05, 0.1) is 0 Å². The number of hydrogen-bond acceptors (Lipinski definition) is 1. The normalized spacial score (nSPS) is 13.4. The topological polar surface area (TPSA) is 20.2 Å². The Kier molecular flexibility index (Phi) is 3.39. The molecular weight excluding hydrogens is 217 g/mol. The molecule has 0 saturated heterocycles. The van der Waals surface area contributed by atoms with Crippen LogP contribution in [0, 0.1) is 12.7 Å². The average Bonchev–Trinajstić information content (AvgIpc) is 2.13. The Bertz CT molecular complexity index is 341. The molecule has 0 spiro atoms. The van der Waals surface area contributed by atoms with Crippen LogP contribution >= 0.6 is 11.6 Å². The van der Waals surface area contributed by atoms with Gasteiger partial charge < -0.3 is 5.11 Å². The number of hydrogen-bond donors (Lipinski definition) is 1. The van der Waals surface area contributed by atoms with Crippen LogP contribution in [0.4, 0.5) is 13.2 Å². The summed E-state index contributed by atoms with van der Waals surface area (Å²) >= 11 is 5.56. The third-order valence-electron chi connectivity index (χ3n) is 1.91. The molecule has 1 aromatic rings. The first-order valence-corrected chi connectivity index (χ1v) is 4.23. The molecule has 0 aromatic heterocycles. The van der Waals surface area contributed by atoms with Gasteiger partial charge in [0.1, 0.15) is 11.9 Å². The van der Waals surface area contributed by atoms with E-state index in [0.717, 1.165) is 6.07 Å². The van der Waals surface area contributed by atoms with Crippen molar-refractivity contribution < 1.29 is 18.3 Å². The molecule has 1 aromatic carbocycles. The molecule has 0 aliphatic rings. The summed E-state index contributed by atoms with van der Waals surface area (Å²) in [5.41, 5.74) is -0.370. The Labute approximate surface area is 84.1 Å². The molecule has 1 nitrogen and oxygen atoms in total.